The topological polar surface area (TPSA) is 51.8 Å². The molecule has 5 aromatic carbocycles. The number of benzene rings is 5. The van der Waals surface area contributed by atoms with Crippen molar-refractivity contribution in [3.63, 3.8) is 0 Å². The van der Waals surface area contributed by atoms with E-state index in [9.17, 15) is 0 Å². The molecule has 0 bridgehead atoms. The largest absolute Gasteiger partial charge is 0.456 e. The van der Waals surface area contributed by atoms with Gasteiger partial charge in [-0.05, 0) is 46.7 Å². The summed E-state index contributed by atoms with van der Waals surface area (Å²) >= 11 is 0. The monoisotopic (exact) mass is 607 g/mol. The predicted octanol–water partition coefficient (Wildman–Crippen LogP) is 10.9. The Balaban J connectivity index is 1.21. The molecule has 4 heteroatoms. The van der Waals surface area contributed by atoms with Gasteiger partial charge in [0.05, 0.1) is 0 Å². The number of fused-ring (bicyclic) bond motifs is 6. The van der Waals surface area contributed by atoms with Crippen LogP contribution in [0.15, 0.2) is 132 Å². The normalized spacial score (nSPS) is 18.6. The average Bonchev–Trinajstić information content (AvgIpc) is 3.53. The zero-order valence-corrected chi connectivity index (χ0v) is 26.4. The Bertz CT molecular complexity index is 2330. The zero-order valence-electron chi connectivity index (χ0n) is 26.4. The molecule has 226 valence electrons. The summed E-state index contributed by atoms with van der Waals surface area (Å²) in [5.74, 6) is 3.23. The van der Waals surface area contributed by atoms with Gasteiger partial charge >= 0.3 is 0 Å². The molecule has 0 radical (unpaired) electrons. The van der Waals surface area contributed by atoms with Crippen molar-refractivity contribution >= 4 is 33.4 Å². The van der Waals surface area contributed by atoms with Gasteiger partial charge in [0.2, 0.25) is 0 Å². The van der Waals surface area contributed by atoms with E-state index in [0.29, 0.717) is 17.5 Å². The van der Waals surface area contributed by atoms with Crippen LogP contribution < -0.4 is 0 Å². The van der Waals surface area contributed by atoms with Gasteiger partial charge in [0.15, 0.2) is 17.5 Å². The number of aromatic nitrogens is 3. The fourth-order valence-corrected chi connectivity index (χ4v) is 7.55. The number of allylic oxidation sites excluding steroid dienone is 3. The smallest absolute Gasteiger partial charge is 0.164 e. The number of hydrogen-bond donors (Lipinski definition) is 0. The fourth-order valence-electron chi connectivity index (χ4n) is 7.55. The Hall–Kier alpha value is -5.61. The van der Waals surface area contributed by atoms with Crippen molar-refractivity contribution < 1.29 is 4.42 Å². The van der Waals surface area contributed by atoms with Crippen molar-refractivity contribution in [2.75, 3.05) is 0 Å². The van der Waals surface area contributed by atoms with Gasteiger partial charge in [-0.15, -0.1) is 0 Å². The molecule has 2 aromatic heterocycles. The van der Waals surface area contributed by atoms with Crippen molar-refractivity contribution in [3.05, 3.63) is 150 Å². The summed E-state index contributed by atoms with van der Waals surface area (Å²) in [7, 11) is 0. The van der Waals surface area contributed by atoms with Gasteiger partial charge in [-0.3, -0.25) is 0 Å². The molecule has 7 aromatic rings. The second kappa shape index (κ2) is 10.7. The molecule has 0 N–H and O–H groups in total. The van der Waals surface area contributed by atoms with Crippen molar-refractivity contribution in [3.8, 4) is 34.2 Å². The second-order valence-corrected chi connectivity index (χ2v) is 13.1. The minimum Gasteiger partial charge on any atom is -0.456 e. The van der Waals surface area contributed by atoms with Gasteiger partial charge in [-0.25, -0.2) is 15.0 Å². The quantitative estimate of drug-likeness (QED) is 0.200. The molecule has 4 nitrogen and oxygen atoms in total. The summed E-state index contributed by atoms with van der Waals surface area (Å²) in [6, 6.07) is 39.8. The average molecular weight is 608 g/mol. The van der Waals surface area contributed by atoms with E-state index in [0.717, 1.165) is 46.3 Å². The highest BCUT2D eigenvalue weighted by molar-refractivity contribution is 6.00. The summed E-state index contributed by atoms with van der Waals surface area (Å²) < 4.78 is 6.89. The first kappa shape index (κ1) is 27.7. The number of nitrogens with zero attached hydrogens (tertiary/aromatic N) is 3. The SMILES string of the molecule is CC1CC=C(C2(C)C=Cc3ccc4ccccc4c3C2)c2oc3cccc(-c4nc(-c5ccccc5)nc(-c5ccccc5)n4)c3c21. The van der Waals surface area contributed by atoms with Crippen LogP contribution in [0.3, 0.4) is 0 Å². The molecular weight excluding hydrogens is 574 g/mol. The van der Waals surface area contributed by atoms with Crippen LogP contribution in [0, 0.1) is 5.41 Å². The van der Waals surface area contributed by atoms with Crippen molar-refractivity contribution in [1.82, 2.24) is 15.0 Å². The number of hydrogen-bond acceptors (Lipinski definition) is 4. The molecule has 2 heterocycles. The van der Waals surface area contributed by atoms with Crippen LogP contribution in [0.1, 0.15) is 48.6 Å². The Morgan fingerprint density at radius 2 is 1.38 bits per heavy atom. The van der Waals surface area contributed by atoms with E-state index in [1.807, 2.05) is 60.7 Å². The molecule has 0 saturated carbocycles. The van der Waals surface area contributed by atoms with Crippen LogP contribution >= 0.6 is 0 Å². The molecule has 47 heavy (non-hydrogen) atoms. The maximum Gasteiger partial charge on any atom is 0.164 e. The highest BCUT2D eigenvalue weighted by Crippen LogP contribution is 2.52. The minimum atomic E-state index is -0.214. The van der Waals surface area contributed by atoms with Gasteiger partial charge in [-0.1, -0.05) is 141 Å². The van der Waals surface area contributed by atoms with Gasteiger partial charge in [0.25, 0.3) is 0 Å². The molecule has 0 amide bonds. The lowest BCUT2D eigenvalue weighted by atomic mass is 9.68. The Kier molecular flexibility index (Phi) is 6.32. The third-order valence-corrected chi connectivity index (χ3v) is 9.97. The standard InChI is InChI=1S/C43H33N3O/c1-27-20-23-35(43(2)25-24-29-22-21-28-12-9-10-17-32(28)34(29)26-43)39-37(27)38-33(18-11-19-36(38)47-39)42-45-40(30-13-5-3-6-14-30)44-41(46-42)31-15-7-4-8-16-31/h3-19,21-25,27H,20,26H2,1-2H3. The first-order valence-corrected chi connectivity index (χ1v) is 16.4. The van der Waals surface area contributed by atoms with Gasteiger partial charge in [0, 0.05) is 38.6 Å². The van der Waals surface area contributed by atoms with E-state index < -0.39 is 0 Å². The van der Waals surface area contributed by atoms with Gasteiger partial charge < -0.3 is 4.42 Å². The molecule has 2 aliphatic carbocycles. The summed E-state index contributed by atoms with van der Waals surface area (Å²) in [6.45, 7) is 4.66. The third-order valence-electron chi connectivity index (χ3n) is 9.97. The van der Waals surface area contributed by atoms with E-state index >= 15 is 0 Å². The predicted molar refractivity (Wildman–Crippen MR) is 192 cm³/mol. The minimum absolute atomic E-state index is 0.214. The Morgan fingerprint density at radius 1 is 0.702 bits per heavy atom. The lowest BCUT2D eigenvalue weighted by Crippen LogP contribution is -2.24. The molecule has 9 rings (SSSR count). The lowest BCUT2D eigenvalue weighted by molar-refractivity contribution is 0.512. The number of furan rings is 1. The first-order chi connectivity index (χ1) is 23.1. The molecular formula is C43H33N3O. The van der Waals surface area contributed by atoms with Crippen LogP contribution in [0.4, 0.5) is 0 Å². The Labute approximate surface area is 274 Å². The van der Waals surface area contributed by atoms with Crippen LogP contribution in [-0.4, -0.2) is 15.0 Å². The summed E-state index contributed by atoms with van der Waals surface area (Å²) in [6.07, 6.45) is 8.96. The molecule has 2 aliphatic rings. The van der Waals surface area contributed by atoms with Crippen LogP contribution in [0.5, 0.6) is 0 Å². The van der Waals surface area contributed by atoms with Crippen LogP contribution in [0.25, 0.3) is 67.6 Å². The Morgan fingerprint density at radius 3 is 2.13 bits per heavy atom. The molecule has 0 spiro atoms. The van der Waals surface area contributed by atoms with E-state index in [-0.39, 0.29) is 11.3 Å². The molecule has 0 saturated heterocycles. The van der Waals surface area contributed by atoms with Crippen molar-refractivity contribution in [1.29, 1.82) is 0 Å². The van der Waals surface area contributed by atoms with E-state index in [2.05, 4.69) is 86.7 Å². The number of rotatable bonds is 4. The van der Waals surface area contributed by atoms with Crippen molar-refractivity contribution in [2.45, 2.75) is 32.6 Å². The highest BCUT2D eigenvalue weighted by Gasteiger charge is 2.38. The first-order valence-electron chi connectivity index (χ1n) is 16.4. The highest BCUT2D eigenvalue weighted by atomic mass is 16.3. The summed E-state index contributed by atoms with van der Waals surface area (Å²) in [5.41, 5.74) is 8.74. The van der Waals surface area contributed by atoms with E-state index in [4.69, 9.17) is 19.4 Å². The van der Waals surface area contributed by atoms with E-state index in [1.165, 1.54) is 33.0 Å². The fraction of sp³-hybridized carbons (Fsp3) is 0.140. The summed E-state index contributed by atoms with van der Waals surface area (Å²) in [5, 5.41) is 3.71. The molecule has 2 unspecified atom stereocenters. The van der Waals surface area contributed by atoms with Crippen molar-refractivity contribution in [2.24, 2.45) is 5.41 Å². The second-order valence-electron chi connectivity index (χ2n) is 13.1. The van der Waals surface area contributed by atoms with Crippen LogP contribution in [0.2, 0.25) is 0 Å². The third kappa shape index (κ3) is 4.55. The maximum atomic E-state index is 6.89. The zero-order chi connectivity index (χ0) is 31.5. The summed E-state index contributed by atoms with van der Waals surface area (Å²) in [4.78, 5) is 15.1. The molecule has 2 atom stereocenters. The molecule has 0 aliphatic heterocycles. The van der Waals surface area contributed by atoms with Gasteiger partial charge in [0.1, 0.15) is 11.3 Å². The van der Waals surface area contributed by atoms with Crippen LogP contribution in [-0.2, 0) is 6.42 Å². The maximum absolute atomic E-state index is 6.89. The van der Waals surface area contributed by atoms with E-state index in [1.54, 1.807) is 0 Å². The lowest BCUT2D eigenvalue weighted by Gasteiger charge is -2.35. The van der Waals surface area contributed by atoms with Gasteiger partial charge in [-0.2, -0.15) is 0 Å². The molecule has 0 fully saturated rings.